The second-order valence-corrected chi connectivity index (χ2v) is 9.73. The average molecular weight is 547 g/mol. The van der Waals surface area contributed by atoms with Crippen LogP contribution in [0.5, 0.6) is 0 Å². The van der Waals surface area contributed by atoms with Crippen LogP contribution in [0.4, 0.5) is 18.0 Å². The maximum atomic E-state index is 12.9. The SMILES string of the molecule is CC(C)(C)OC(=O)NCCOCCOCCNC(=O)c1ccc2c(-c3ccc(C(F)(F)F)cc3)cccc2c1. The molecular formula is C29H33F3N2O5. The quantitative estimate of drug-likeness (QED) is 0.297. The average Bonchev–Trinajstić information content (AvgIpc) is 2.87. The fraction of sp³-hybridized carbons (Fsp3) is 0.379. The van der Waals surface area contributed by atoms with Crippen LogP contribution in [0, 0.1) is 0 Å². The zero-order valence-corrected chi connectivity index (χ0v) is 22.2. The van der Waals surface area contributed by atoms with E-state index in [-0.39, 0.29) is 5.91 Å². The molecule has 0 aliphatic rings. The molecule has 0 aliphatic heterocycles. The molecule has 0 radical (unpaired) electrons. The Morgan fingerprint density at radius 3 is 2.05 bits per heavy atom. The van der Waals surface area contributed by atoms with E-state index in [1.807, 2.05) is 12.1 Å². The minimum Gasteiger partial charge on any atom is -0.444 e. The standard InChI is InChI=1S/C29H33F3N2O5/c1-28(2,3)39-27(36)34-14-16-38-18-17-37-15-13-33-26(35)22-9-12-25-21(19-22)5-4-6-24(25)20-7-10-23(11-8-20)29(30,31)32/h4-12,19H,13-18H2,1-3H3,(H,33,35)(H,34,36). The van der Waals surface area contributed by atoms with Crippen LogP contribution in [0.2, 0.25) is 0 Å². The molecule has 10 heteroatoms. The van der Waals surface area contributed by atoms with E-state index in [2.05, 4.69) is 10.6 Å². The summed E-state index contributed by atoms with van der Waals surface area (Å²) in [5.74, 6) is -0.259. The van der Waals surface area contributed by atoms with Gasteiger partial charge in [-0.05, 0) is 66.9 Å². The number of carbonyl (C=O) groups excluding carboxylic acids is 2. The maximum absolute atomic E-state index is 12.9. The molecule has 0 bridgehead atoms. The van der Waals surface area contributed by atoms with Crippen molar-refractivity contribution in [2.45, 2.75) is 32.5 Å². The molecule has 0 spiro atoms. The van der Waals surface area contributed by atoms with Crippen LogP contribution >= 0.6 is 0 Å². The highest BCUT2D eigenvalue weighted by atomic mass is 19.4. The van der Waals surface area contributed by atoms with Crippen LogP contribution in [0.3, 0.4) is 0 Å². The second kappa shape index (κ2) is 13.4. The molecule has 3 aromatic carbocycles. The van der Waals surface area contributed by atoms with Gasteiger partial charge in [-0.25, -0.2) is 4.79 Å². The number of fused-ring (bicyclic) bond motifs is 1. The molecule has 0 saturated heterocycles. The summed E-state index contributed by atoms with van der Waals surface area (Å²) in [4.78, 5) is 24.1. The van der Waals surface area contributed by atoms with Crippen LogP contribution in [-0.4, -0.2) is 57.1 Å². The first-order chi connectivity index (χ1) is 18.4. The van der Waals surface area contributed by atoms with Gasteiger partial charge in [-0.15, -0.1) is 0 Å². The van der Waals surface area contributed by atoms with Gasteiger partial charge >= 0.3 is 12.3 Å². The molecule has 0 atom stereocenters. The third-order valence-corrected chi connectivity index (χ3v) is 5.48. The molecule has 2 amide bonds. The number of alkyl halides is 3. The van der Waals surface area contributed by atoms with E-state index in [0.717, 1.165) is 28.5 Å². The molecule has 7 nitrogen and oxygen atoms in total. The summed E-state index contributed by atoms with van der Waals surface area (Å²) in [5, 5.41) is 7.03. The van der Waals surface area contributed by atoms with Crippen molar-refractivity contribution in [2.24, 2.45) is 0 Å². The van der Waals surface area contributed by atoms with E-state index in [1.54, 1.807) is 45.0 Å². The lowest BCUT2D eigenvalue weighted by Crippen LogP contribution is -2.34. The molecule has 2 N–H and O–H groups in total. The van der Waals surface area contributed by atoms with E-state index in [4.69, 9.17) is 14.2 Å². The first-order valence-corrected chi connectivity index (χ1v) is 12.5. The molecule has 39 heavy (non-hydrogen) atoms. The third kappa shape index (κ3) is 9.56. The van der Waals surface area contributed by atoms with Crippen molar-refractivity contribution in [1.82, 2.24) is 10.6 Å². The molecule has 0 saturated carbocycles. The zero-order valence-electron chi connectivity index (χ0n) is 22.2. The predicted molar refractivity (Wildman–Crippen MR) is 143 cm³/mol. The van der Waals surface area contributed by atoms with Gasteiger partial charge in [-0.2, -0.15) is 13.2 Å². The monoisotopic (exact) mass is 546 g/mol. The molecule has 3 rings (SSSR count). The van der Waals surface area contributed by atoms with Crippen LogP contribution in [0.1, 0.15) is 36.7 Å². The van der Waals surface area contributed by atoms with Crippen LogP contribution in [0.25, 0.3) is 21.9 Å². The predicted octanol–water partition coefficient (Wildman–Crippen LogP) is 5.81. The summed E-state index contributed by atoms with van der Waals surface area (Å²) < 4.78 is 54.6. The van der Waals surface area contributed by atoms with Crippen molar-refractivity contribution < 1.29 is 37.0 Å². The van der Waals surface area contributed by atoms with Crippen LogP contribution < -0.4 is 10.6 Å². The number of benzene rings is 3. The van der Waals surface area contributed by atoms with Gasteiger partial charge in [0.25, 0.3) is 5.91 Å². The van der Waals surface area contributed by atoms with Gasteiger partial charge in [0.2, 0.25) is 0 Å². The normalized spacial score (nSPS) is 11.8. The maximum Gasteiger partial charge on any atom is 0.416 e. The number of hydrogen-bond acceptors (Lipinski definition) is 5. The molecule has 0 heterocycles. The summed E-state index contributed by atoms with van der Waals surface area (Å²) in [6.45, 7) is 7.30. The topological polar surface area (TPSA) is 85.9 Å². The lowest BCUT2D eigenvalue weighted by atomic mass is 9.96. The van der Waals surface area contributed by atoms with Crippen LogP contribution in [0.15, 0.2) is 60.7 Å². The Balaban J connectivity index is 1.40. The highest BCUT2D eigenvalue weighted by Crippen LogP contribution is 2.33. The van der Waals surface area contributed by atoms with Gasteiger partial charge < -0.3 is 24.8 Å². The first-order valence-electron chi connectivity index (χ1n) is 12.5. The summed E-state index contributed by atoms with van der Waals surface area (Å²) in [6, 6.07) is 15.7. The molecule has 0 unspecified atom stereocenters. The van der Waals surface area contributed by atoms with Crippen LogP contribution in [-0.2, 0) is 20.4 Å². The van der Waals surface area contributed by atoms with Crippen molar-refractivity contribution in [2.75, 3.05) is 39.5 Å². The van der Waals surface area contributed by atoms with E-state index in [9.17, 15) is 22.8 Å². The number of carbonyl (C=O) groups is 2. The first kappa shape index (κ1) is 29.9. The summed E-state index contributed by atoms with van der Waals surface area (Å²) in [7, 11) is 0. The fourth-order valence-corrected chi connectivity index (χ4v) is 3.72. The molecule has 3 aromatic rings. The number of halogens is 3. The van der Waals surface area contributed by atoms with Crippen molar-refractivity contribution in [3.05, 3.63) is 71.8 Å². The highest BCUT2D eigenvalue weighted by Gasteiger charge is 2.30. The van der Waals surface area contributed by atoms with E-state index >= 15 is 0 Å². The summed E-state index contributed by atoms with van der Waals surface area (Å²) in [6.07, 6.45) is -4.88. The molecule has 0 aliphatic carbocycles. The summed E-state index contributed by atoms with van der Waals surface area (Å²) in [5.41, 5.74) is 0.655. The minimum atomic E-state index is -4.39. The number of rotatable bonds is 11. The Labute approximate surface area is 225 Å². The highest BCUT2D eigenvalue weighted by molar-refractivity contribution is 6.02. The minimum absolute atomic E-state index is 0.259. The molecule has 0 fully saturated rings. The van der Waals surface area contributed by atoms with Gasteiger partial charge in [0.1, 0.15) is 5.60 Å². The van der Waals surface area contributed by atoms with Crippen molar-refractivity contribution in [1.29, 1.82) is 0 Å². The van der Waals surface area contributed by atoms with Crippen molar-refractivity contribution >= 4 is 22.8 Å². The fourth-order valence-electron chi connectivity index (χ4n) is 3.72. The second-order valence-electron chi connectivity index (χ2n) is 9.73. The van der Waals surface area contributed by atoms with Gasteiger partial charge in [0, 0.05) is 18.7 Å². The van der Waals surface area contributed by atoms with Gasteiger partial charge in [0.15, 0.2) is 0 Å². The lowest BCUT2D eigenvalue weighted by molar-refractivity contribution is -0.137. The largest absolute Gasteiger partial charge is 0.444 e. The Morgan fingerprint density at radius 1 is 0.795 bits per heavy atom. The smallest absolute Gasteiger partial charge is 0.416 e. The number of hydrogen-bond donors (Lipinski definition) is 2. The van der Waals surface area contributed by atoms with E-state index in [1.165, 1.54) is 12.1 Å². The Morgan fingerprint density at radius 2 is 1.44 bits per heavy atom. The van der Waals surface area contributed by atoms with E-state index < -0.39 is 23.4 Å². The van der Waals surface area contributed by atoms with E-state index in [0.29, 0.717) is 50.6 Å². The third-order valence-electron chi connectivity index (χ3n) is 5.48. The Bertz CT molecular complexity index is 1250. The van der Waals surface area contributed by atoms with Gasteiger partial charge in [-0.1, -0.05) is 36.4 Å². The van der Waals surface area contributed by atoms with Crippen molar-refractivity contribution in [3.8, 4) is 11.1 Å². The Hall–Kier alpha value is -3.63. The zero-order chi connectivity index (χ0) is 28.5. The summed E-state index contributed by atoms with van der Waals surface area (Å²) >= 11 is 0. The van der Waals surface area contributed by atoms with Gasteiger partial charge in [-0.3, -0.25) is 4.79 Å². The van der Waals surface area contributed by atoms with Crippen molar-refractivity contribution in [3.63, 3.8) is 0 Å². The lowest BCUT2D eigenvalue weighted by Gasteiger charge is -2.19. The number of nitrogens with one attached hydrogen (secondary N) is 2. The number of amides is 2. The molecule has 210 valence electrons. The number of ether oxygens (including phenoxy) is 3. The number of alkyl carbamates (subject to hydrolysis) is 1. The molecule has 0 aromatic heterocycles. The van der Waals surface area contributed by atoms with Gasteiger partial charge in [0.05, 0.1) is 32.0 Å². The Kier molecular flexibility index (Phi) is 10.3. The molecular weight excluding hydrogens is 513 g/mol.